The van der Waals surface area contributed by atoms with Crippen molar-refractivity contribution < 1.29 is 5.11 Å². The van der Waals surface area contributed by atoms with Crippen LogP contribution in [0, 0.1) is 12.8 Å². The molecule has 3 nitrogen and oxygen atoms in total. The Morgan fingerprint density at radius 3 is 2.56 bits per heavy atom. The monoisotopic (exact) mass is 268 g/mol. The highest BCUT2D eigenvalue weighted by atomic mass is 32.1. The van der Waals surface area contributed by atoms with Gasteiger partial charge in [-0.2, -0.15) is 0 Å². The molecule has 2 rings (SSSR count). The summed E-state index contributed by atoms with van der Waals surface area (Å²) in [5, 5.41) is 10.4. The van der Waals surface area contributed by atoms with Crippen LogP contribution in [0.5, 0.6) is 0 Å². The molecule has 1 saturated carbocycles. The van der Waals surface area contributed by atoms with E-state index in [0.717, 1.165) is 22.2 Å². The fraction of sp³-hybridized carbons (Fsp3) is 0.786. The number of nitrogens with zero attached hydrogens (tertiary/aromatic N) is 2. The highest BCUT2D eigenvalue weighted by Gasteiger charge is 2.26. The van der Waals surface area contributed by atoms with Gasteiger partial charge in [-0.25, -0.2) is 4.98 Å². The van der Waals surface area contributed by atoms with Crippen LogP contribution in [0.3, 0.4) is 0 Å². The van der Waals surface area contributed by atoms with E-state index < -0.39 is 0 Å². The molecule has 0 aromatic carbocycles. The average molecular weight is 268 g/mol. The molecular weight excluding hydrogens is 244 g/mol. The highest BCUT2D eigenvalue weighted by Crippen LogP contribution is 2.33. The summed E-state index contributed by atoms with van der Waals surface area (Å²) in [5.74, 6) is 0.646. The molecule has 0 unspecified atom stereocenters. The van der Waals surface area contributed by atoms with Crippen molar-refractivity contribution in [3.05, 3.63) is 10.6 Å². The summed E-state index contributed by atoms with van der Waals surface area (Å²) in [5.41, 5.74) is 0.990. The third kappa shape index (κ3) is 3.04. The van der Waals surface area contributed by atoms with Gasteiger partial charge in [0, 0.05) is 12.6 Å². The van der Waals surface area contributed by atoms with Crippen LogP contribution < -0.4 is 4.90 Å². The zero-order valence-corrected chi connectivity index (χ0v) is 12.5. The van der Waals surface area contributed by atoms with Gasteiger partial charge in [0.1, 0.15) is 0 Å². The predicted molar refractivity (Wildman–Crippen MR) is 77.2 cm³/mol. The van der Waals surface area contributed by atoms with Crippen LogP contribution in [0.4, 0.5) is 5.13 Å². The number of thiazole rings is 1. The van der Waals surface area contributed by atoms with E-state index in [4.69, 9.17) is 0 Å². The lowest BCUT2D eigenvalue weighted by molar-refractivity contribution is 0.284. The van der Waals surface area contributed by atoms with Crippen molar-refractivity contribution in [1.82, 2.24) is 4.98 Å². The van der Waals surface area contributed by atoms with E-state index in [9.17, 15) is 5.11 Å². The molecule has 1 N–H and O–H groups in total. The Kier molecular flexibility index (Phi) is 4.62. The fourth-order valence-corrected chi connectivity index (χ4v) is 3.68. The van der Waals surface area contributed by atoms with Gasteiger partial charge in [0.25, 0.3) is 0 Å². The topological polar surface area (TPSA) is 36.4 Å². The Hall–Kier alpha value is -0.610. The molecule has 18 heavy (non-hydrogen) atoms. The van der Waals surface area contributed by atoms with E-state index in [0.29, 0.717) is 12.0 Å². The van der Waals surface area contributed by atoms with E-state index >= 15 is 0 Å². The van der Waals surface area contributed by atoms with Crippen molar-refractivity contribution in [2.75, 3.05) is 11.4 Å². The molecule has 1 aromatic heterocycles. The van der Waals surface area contributed by atoms with Gasteiger partial charge >= 0.3 is 0 Å². The molecule has 0 radical (unpaired) electrons. The van der Waals surface area contributed by atoms with Gasteiger partial charge in [0.15, 0.2) is 5.13 Å². The minimum absolute atomic E-state index is 0.115. The summed E-state index contributed by atoms with van der Waals surface area (Å²) in [7, 11) is 0. The number of hydrogen-bond acceptors (Lipinski definition) is 4. The first-order valence-electron chi connectivity index (χ1n) is 6.95. The van der Waals surface area contributed by atoms with Crippen LogP contribution >= 0.6 is 11.3 Å². The quantitative estimate of drug-likeness (QED) is 0.889. The third-order valence-electron chi connectivity index (χ3n) is 3.60. The first-order chi connectivity index (χ1) is 8.61. The van der Waals surface area contributed by atoms with Crippen LogP contribution in [-0.2, 0) is 6.61 Å². The molecule has 0 spiro atoms. The van der Waals surface area contributed by atoms with E-state index in [1.807, 2.05) is 6.92 Å². The standard InChI is InChI=1S/C14H24N2OS/c1-10(2)8-16(12-6-4-5-7-12)14-15-11(3)13(9-17)18-14/h10,12,17H,4-9H2,1-3H3. The van der Waals surface area contributed by atoms with Crippen LogP contribution in [0.25, 0.3) is 0 Å². The molecule has 1 fully saturated rings. The van der Waals surface area contributed by atoms with E-state index in [2.05, 4.69) is 23.7 Å². The van der Waals surface area contributed by atoms with Crippen LogP contribution in [-0.4, -0.2) is 22.7 Å². The number of aromatic nitrogens is 1. The Morgan fingerprint density at radius 2 is 2.06 bits per heavy atom. The second-order valence-electron chi connectivity index (χ2n) is 5.65. The number of aliphatic hydroxyl groups is 1. The minimum atomic E-state index is 0.115. The van der Waals surface area contributed by atoms with Crippen molar-refractivity contribution in [3.63, 3.8) is 0 Å². The Morgan fingerprint density at radius 1 is 1.39 bits per heavy atom. The third-order valence-corrected chi connectivity index (χ3v) is 4.78. The van der Waals surface area contributed by atoms with Gasteiger partial charge in [0.05, 0.1) is 17.2 Å². The highest BCUT2D eigenvalue weighted by molar-refractivity contribution is 7.15. The molecule has 0 bridgehead atoms. The predicted octanol–water partition coefficient (Wildman–Crippen LogP) is 3.35. The zero-order valence-electron chi connectivity index (χ0n) is 11.6. The molecule has 0 atom stereocenters. The number of rotatable bonds is 5. The van der Waals surface area contributed by atoms with Gasteiger partial charge in [-0.05, 0) is 25.7 Å². The number of aryl methyl sites for hydroxylation is 1. The molecule has 0 saturated heterocycles. The van der Waals surface area contributed by atoms with Gasteiger partial charge < -0.3 is 10.0 Å². The maximum Gasteiger partial charge on any atom is 0.186 e. The second-order valence-corrected chi connectivity index (χ2v) is 6.71. The molecule has 1 aromatic rings. The fourth-order valence-electron chi connectivity index (χ4n) is 2.67. The van der Waals surface area contributed by atoms with Crippen LogP contribution in [0.1, 0.15) is 50.1 Å². The SMILES string of the molecule is Cc1nc(N(CC(C)C)C2CCCC2)sc1CO. The van der Waals surface area contributed by atoms with Gasteiger partial charge in [-0.3, -0.25) is 0 Å². The lowest BCUT2D eigenvalue weighted by Crippen LogP contribution is -2.36. The maximum absolute atomic E-state index is 9.31. The van der Waals surface area contributed by atoms with Crippen LogP contribution in [0.2, 0.25) is 0 Å². The van der Waals surface area contributed by atoms with Crippen molar-refractivity contribution in [2.45, 2.75) is 59.1 Å². The summed E-state index contributed by atoms with van der Waals surface area (Å²) < 4.78 is 0. The van der Waals surface area contributed by atoms with Crippen LogP contribution in [0.15, 0.2) is 0 Å². The Balaban J connectivity index is 2.20. The molecule has 0 aliphatic heterocycles. The number of aliphatic hydroxyl groups excluding tert-OH is 1. The first-order valence-corrected chi connectivity index (χ1v) is 7.77. The molecule has 0 amide bonds. The zero-order chi connectivity index (χ0) is 13.1. The average Bonchev–Trinajstić information content (AvgIpc) is 2.94. The lowest BCUT2D eigenvalue weighted by atomic mass is 10.1. The van der Waals surface area contributed by atoms with E-state index in [-0.39, 0.29) is 6.61 Å². The summed E-state index contributed by atoms with van der Waals surface area (Å²) in [6.45, 7) is 7.70. The van der Waals surface area contributed by atoms with Gasteiger partial charge in [0.2, 0.25) is 0 Å². The van der Waals surface area contributed by atoms with Crippen molar-refractivity contribution in [1.29, 1.82) is 0 Å². The van der Waals surface area contributed by atoms with Gasteiger partial charge in [-0.15, -0.1) is 0 Å². The Bertz CT molecular complexity index is 383. The molecule has 1 aliphatic rings. The normalized spacial score (nSPS) is 16.7. The minimum Gasteiger partial charge on any atom is -0.391 e. The summed E-state index contributed by atoms with van der Waals surface area (Å²) in [6.07, 6.45) is 5.27. The first kappa shape index (κ1) is 13.8. The second kappa shape index (κ2) is 6.02. The van der Waals surface area contributed by atoms with E-state index in [1.165, 1.54) is 25.7 Å². The van der Waals surface area contributed by atoms with Crippen molar-refractivity contribution in [3.8, 4) is 0 Å². The molecular formula is C14H24N2OS. The lowest BCUT2D eigenvalue weighted by Gasteiger charge is -2.30. The molecule has 1 heterocycles. The summed E-state index contributed by atoms with van der Waals surface area (Å²) in [4.78, 5) is 8.16. The van der Waals surface area contributed by atoms with E-state index in [1.54, 1.807) is 11.3 Å². The molecule has 102 valence electrons. The number of anilines is 1. The summed E-state index contributed by atoms with van der Waals surface area (Å²) in [6, 6.07) is 0.657. The smallest absolute Gasteiger partial charge is 0.186 e. The van der Waals surface area contributed by atoms with Crippen molar-refractivity contribution in [2.24, 2.45) is 5.92 Å². The maximum atomic E-state index is 9.31. The largest absolute Gasteiger partial charge is 0.391 e. The molecule has 1 aliphatic carbocycles. The Labute approximate surface area is 114 Å². The molecule has 4 heteroatoms. The van der Waals surface area contributed by atoms with Gasteiger partial charge in [-0.1, -0.05) is 38.0 Å². The van der Waals surface area contributed by atoms with Crippen molar-refractivity contribution >= 4 is 16.5 Å². The summed E-state index contributed by atoms with van der Waals surface area (Å²) >= 11 is 1.66. The number of hydrogen-bond donors (Lipinski definition) is 1.